The van der Waals surface area contributed by atoms with Crippen LogP contribution in [0.3, 0.4) is 0 Å². The lowest BCUT2D eigenvalue weighted by molar-refractivity contribution is -0.136. The summed E-state index contributed by atoms with van der Waals surface area (Å²) in [5, 5.41) is 15.7. The van der Waals surface area contributed by atoms with Crippen LogP contribution in [0, 0.1) is 6.92 Å². The summed E-state index contributed by atoms with van der Waals surface area (Å²) in [7, 11) is 1.59. The van der Waals surface area contributed by atoms with E-state index in [1.807, 2.05) is 24.3 Å². The van der Waals surface area contributed by atoms with Crippen molar-refractivity contribution < 1.29 is 19.1 Å². The number of nitrogens with one attached hydrogen (secondary N) is 4. The molecular formula is C22H30N6O4. The molecule has 10 nitrogen and oxygen atoms in total. The average molecular weight is 443 g/mol. The second-order valence-electron chi connectivity index (χ2n) is 7.71. The Hall–Kier alpha value is -3.40. The maximum Gasteiger partial charge on any atom is 0.314 e. The number of anilines is 1. The molecule has 1 saturated heterocycles. The normalized spacial score (nSPS) is 18.0. The van der Waals surface area contributed by atoms with Crippen molar-refractivity contribution in [2.45, 2.75) is 51.9 Å². The van der Waals surface area contributed by atoms with Gasteiger partial charge >= 0.3 is 11.8 Å². The predicted molar refractivity (Wildman–Crippen MR) is 119 cm³/mol. The van der Waals surface area contributed by atoms with Crippen LogP contribution < -0.4 is 26.0 Å². The van der Waals surface area contributed by atoms with Gasteiger partial charge in [0.05, 0.1) is 12.8 Å². The molecule has 2 atom stereocenters. The lowest BCUT2D eigenvalue weighted by Crippen LogP contribution is -2.53. The van der Waals surface area contributed by atoms with Gasteiger partial charge < -0.3 is 20.7 Å². The van der Waals surface area contributed by atoms with Gasteiger partial charge in [-0.3, -0.25) is 19.7 Å². The average Bonchev–Trinajstić information content (AvgIpc) is 3.13. The molecule has 0 spiro atoms. The van der Waals surface area contributed by atoms with Gasteiger partial charge in [-0.15, -0.1) is 0 Å². The zero-order valence-electron chi connectivity index (χ0n) is 18.6. The van der Waals surface area contributed by atoms with E-state index >= 15 is 0 Å². The molecule has 4 N–H and O–H groups in total. The molecular weight excluding hydrogens is 412 g/mol. The number of aryl methyl sites for hydroxylation is 1. The van der Waals surface area contributed by atoms with Crippen LogP contribution in [0.5, 0.6) is 5.75 Å². The van der Waals surface area contributed by atoms with Crippen LogP contribution >= 0.6 is 0 Å². The van der Waals surface area contributed by atoms with Gasteiger partial charge in [0.2, 0.25) is 5.91 Å². The molecule has 2 aromatic rings. The van der Waals surface area contributed by atoms with Gasteiger partial charge in [-0.1, -0.05) is 31.5 Å². The van der Waals surface area contributed by atoms with E-state index in [2.05, 4.69) is 33.3 Å². The number of ether oxygens (including phenoxy) is 1. The molecule has 2 unspecified atom stereocenters. The van der Waals surface area contributed by atoms with Gasteiger partial charge in [0.1, 0.15) is 11.6 Å². The summed E-state index contributed by atoms with van der Waals surface area (Å²) in [6.45, 7) is 4.11. The number of hydrogen-bond donors (Lipinski definition) is 4. The first-order chi connectivity index (χ1) is 15.4. The minimum absolute atomic E-state index is 0.0186. The summed E-state index contributed by atoms with van der Waals surface area (Å²) < 4.78 is 6.78. The number of carbonyl (C=O) groups excluding carboxylic acids is 3. The Kier molecular flexibility index (Phi) is 7.82. The van der Waals surface area contributed by atoms with E-state index in [4.69, 9.17) is 4.74 Å². The molecule has 0 radical (unpaired) electrons. The Morgan fingerprint density at radius 1 is 1.28 bits per heavy atom. The van der Waals surface area contributed by atoms with E-state index in [1.165, 1.54) is 4.68 Å². The van der Waals surface area contributed by atoms with Crippen molar-refractivity contribution in [2.24, 2.45) is 0 Å². The Morgan fingerprint density at radius 2 is 2.06 bits per heavy atom. The number of rotatable bonds is 8. The Labute approximate surface area is 187 Å². The van der Waals surface area contributed by atoms with E-state index in [0.717, 1.165) is 24.2 Å². The third-order valence-corrected chi connectivity index (χ3v) is 5.18. The molecule has 3 amide bonds. The lowest BCUT2D eigenvalue weighted by Gasteiger charge is -2.32. The SMILES string of the molecule is CCCC1CC(=O)NC(n2nc(C)cc2NC(=O)C(=O)NCCc2ccccc2OC)N1. The highest BCUT2D eigenvalue weighted by molar-refractivity contribution is 6.39. The van der Waals surface area contributed by atoms with Crippen LogP contribution in [0.25, 0.3) is 0 Å². The van der Waals surface area contributed by atoms with Crippen molar-refractivity contribution in [2.75, 3.05) is 19.0 Å². The summed E-state index contributed by atoms with van der Waals surface area (Å²) in [6, 6.07) is 9.18. The fraction of sp³-hybridized carbons (Fsp3) is 0.455. The van der Waals surface area contributed by atoms with Crippen LogP contribution in [0.15, 0.2) is 30.3 Å². The maximum atomic E-state index is 12.5. The Balaban J connectivity index is 1.60. The van der Waals surface area contributed by atoms with E-state index in [-0.39, 0.29) is 18.5 Å². The van der Waals surface area contributed by atoms with E-state index < -0.39 is 18.1 Å². The number of benzene rings is 1. The number of amides is 3. The first-order valence-corrected chi connectivity index (χ1v) is 10.7. The summed E-state index contributed by atoms with van der Waals surface area (Å²) in [4.78, 5) is 36.9. The van der Waals surface area contributed by atoms with Crippen LogP contribution in [-0.4, -0.2) is 47.2 Å². The highest BCUT2D eigenvalue weighted by Crippen LogP contribution is 2.19. The van der Waals surface area contributed by atoms with E-state index in [1.54, 1.807) is 20.1 Å². The highest BCUT2D eigenvalue weighted by atomic mass is 16.5. The van der Waals surface area contributed by atoms with Gasteiger partial charge in [-0.05, 0) is 31.4 Å². The van der Waals surface area contributed by atoms with Gasteiger partial charge in [0.25, 0.3) is 0 Å². The monoisotopic (exact) mass is 442 g/mol. The van der Waals surface area contributed by atoms with Crippen LogP contribution in [0.4, 0.5) is 5.82 Å². The highest BCUT2D eigenvalue weighted by Gasteiger charge is 2.29. The Morgan fingerprint density at radius 3 is 2.81 bits per heavy atom. The molecule has 32 heavy (non-hydrogen) atoms. The van der Waals surface area contributed by atoms with Crippen molar-refractivity contribution in [3.63, 3.8) is 0 Å². The molecule has 0 aliphatic carbocycles. The molecule has 172 valence electrons. The molecule has 1 aromatic carbocycles. The third-order valence-electron chi connectivity index (χ3n) is 5.18. The molecule has 0 saturated carbocycles. The number of para-hydroxylation sites is 1. The van der Waals surface area contributed by atoms with Crippen LogP contribution in [0.2, 0.25) is 0 Å². The van der Waals surface area contributed by atoms with Crippen LogP contribution in [-0.2, 0) is 20.8 Å². The lowest BCUT2D eigenvalue weighted by atomic mass is 10.1. The first kappa shape index (κ1) is 23.3. The second-order valence-corrected chi connectivity index (χ2v) is 7.71. The third kappa shape index (κ3) is 5.85. The van der Waals surface area contributed by atoms with Crippen molar-refractivity contribution in [3.05, 3.63) is 41.6 Å². The summed E-state index contributed by atoms with van der Waals surface area (Å²) >= 11 is 0. The minimum atomic E-state index is -0.807. The number of carbonyl (C=O) groups is 3. The molecule has 3 rings (SSSR count). The summed E-state index contributed by atoms with van der Waals surface area (Å²) in [6.07, 6.45) is 2.09. The largest absolute Gasteiger partial charge is 0.496 e. The minimum Gasteiger partial charge on any atom is -0.496 e. The molecule has 1 aromatic heterocycles. The smallest absolute Gasteiger partial charge is 0.314 e. The van der Waals surface area contributed by atoms with Crippen molar-refractivity contribution in [1.29, 1.82) is 0 Å². The zero-order chi connectivity index (χ0) is 23.1. The van der Waals surface area contributed by atoms with Gasteiger partial charge in [0.15, 0.2) is 6.29 Å². The van der Waals surface area contributed by atoms with Crippen molar-refractivity contribution in [3.8, 4) is 5.75 Å². The summed E-state index contributed by atoms with van der Waals surface area (Å²) in [5.74, 6) is -0.601. The van der Waals surface area contributed by atoms with E-state index in [0.29, 0.717) is 24.4 Å². The molecule has 1 aliphatic rings. The van der Waals surface area contributed by atoms with Crippen molar-refractivity contribution >= 4 is 23.5 Å². The fourth-order valence-corrected chi connectivity index (χ4v) is 3.71. The van der Waals surface area contributed by atoms with Gasteiger partial charge in [-0.25, -0.2) is 4.68 Å². The summed E-state index contributed by atoms with van der Waals surface area (Å²) in [5.41, 5.74) is 1.58. The molecule has 10 heteroatoms. The predicted octanol–water partition coefficient (Wildman–Crippen LogP) is 1.23. The zero-order valence-corrected chi connectivity index (χ0v) is 18.6. The Bertz CT molecular complexity index is 973. The maximum absolute atomic E-state index is 12.5. The number of methoxy groups -OCH3 is 1. The second kappa shape index (κ2) is 10.8. The molecule has 2 heterocycles. The van der Waals surface area contributed by atoms with Crippen LogP contribution in [0.1, 0.15) is 43.7 Å². The van der Waals surface area contributed by atoms with E-state index in [9.17, 15) is 14.4 Å². The molecule has 1 fully saturated rings. The number of nitrogens with zero attached hydrogens (tertiary/aromatic N) is 2. The van der Waals surface area contributed by atoms with Gasteiger partial charge in [-0.2, -0.15) is 5.10 Å². The van der Waals surface area contributed by atoms with Crippen molar-refractivity contribution in [1.82, 2.24) is 25.7 Å². The fourth-order valence-electron chi connectivity index (χ4n) is 3.71. The molecule has 0 bridgehead atoms. The van der Waals surface area contributed by atoms with Gasteiger partial charge in [0, 0.05) is 25.1 Å². The number of hydrogen-bond acceptors (Lipinski definition) is 6. The standard InChI is InChI=1S/C22H30N6O4/c1-4-7-16-13-19(29)26-22(24-16)28-18(12-14(2)27-28)25-21(31)20(30)23-11-10-15-8-5-6-9-17(15)32-3/h5-6,8-9,12,16,22,24H,4,7,10-11,13H2,1-3H3,(H,23,30)(H,25,31)(H,26,29). The first-order valence-electron chi connectivity index (χ1n) is 10.7. The number of aromatic nitrogens is 2. The topological polar surface area (TPSA) is 126 Å². The quantitative estimate of drug-likeness (QED) is 0.456. The molecule has 1 aliphatic heterocycles.